The minimum Gasteiger partial charge on any atom is -0.481 e. The van der Waals surface area contributed by atoms with Gasteiger partial charge in [-0.1, -0.05) is 31.2 Å². The first kappa shape index (κ1) is 18.2. The molecule has 0 radical (unpaired) electrons. The molecule has 0 saturated heterocycles. The van der Waals surface area contributed by atoms with Crippen LogP contribution < -0.4 is 0 Å². The first-order chi connectivity index (χ1) is 11.4. The zero-order valence-corrected chi connectivity index (χ0v) is 14.2. The molecular formula is C19H24O5. The van der Waals surface area contributed by atoms with Gasteiger partial charge in [0.05, 0.1) is 18.4 Å². The number of hydrogen-bond donors (Lipinski definition) is 1. The maximum Gasteiger partial charge on any atom is 0.314 e. The average molecular weight is 332 g/mol. The number of carbonyl (C=O) groups excluding carboxylic acids is 2. The van der Waals surface area contributed by atoms with E-state index in [0.29, 0.717) is 19.3 Å². The van der Waals surface area contributed by atoms with Crippen molar-refractivity contribution in [2.75, 3.05) is 6.61 Å². The van der Waals surface area contributed by atoms with Crippen LogP contribution >= 0.6 is 0 Å². The van der Waals surface area contributed by atoms with Gasteiger partial charge in [-0.15, -0.1) is 0 Å². The Bertz CT molecular complexity index is 605. The minimum atomic E-state index is -0.833. The molecule has 0 aliphatic heterocycles. The van der Waals surface area contributed by atoms with E-state index in [1.54, 1.807) is 13.8 Å². The molecule has 1 aliphatic rings. The summed E-state index contributed by atoms with van der Waals surface area (Å²) in [6.07, 6.45) is 2.48. The third kappa shape index (κ3) is 4.22. The Kier molecular flexibility index (Phi) is 6.12. The third-order valence-electron chi connectivity index (χ3n) is 4.60. The van der Waals surface area contributed by atoms with E-state index in [1.807, 2.05) is 24.3 Å². The van der Waals surface area contributed by atoms with Gasteiger partial charge >= 0.3 is 11.9 Å². The van der Waals surface area contributed by atoms with Gasteiger partial charge in [0, 0.05) is 12.3 Å². The lowest BCUT2D eigenvalue weighted by Crippen LogP contribution is -2.26. The summed E-state index contributed by atoms with van der Waals surface area (Å²) < 4.78 is 5.18. The summed E-state index contributed by atoms with van der Waals surface area (Å²) in [6, 6.07) is 7.30. The van der Waals surface area contributed by atoms with Gasteiger partial charge in [0.25, 0.3) is 0 Å². The molecule has 0 heterocycles. The van der Waals surface area contributed by atoms with Crippen LogP contribution in [0.3, 0.4) is 0 Å². The van der Waals surface area contributed by atoms with E-state index < -0.39 is 17.8 Å². The Hall–Kier alpha value is -2.17. The van der Waals surface area contributed by atoms with Crippen molar-refractivity contribution in [2.24, 2.45) is 11.8 Å². The van der Waals surface area contributed by atoms with E-state index in [1.165, 1.54) is 0 Å². The largest absolute Gasteiger partial charge is 0.481 e. The van der Waals surface area contributed by atoms with Gasteiger partial charge in [-0.25, -0.2) is 0 Å². The number of carbonyl (C=O) groups is 3. The average Bonchev–Trinajstić information content (AvgIpc) is 2.95. The van der Waals surface area contributed by atoms with Crippen molar-refractivity contribution in [2.45, 2.75) is 45.4 Å². The molecule has 0 aromatic heterocycles. The summed E-state index contributed by atoms with van der Waals surface area (Å²) in [7, 11) is 0. The number of rotatable bonds is 7. The topological polar surface area (TPSA) is 80.7 Å². The maximum absolute atomic E-state index is 12.4. The van der Waals surface area contributed by atoms with Gasteiger partial charge in [0.1, 0.15) is 5.78 Å². The molecule has 1 aliphatic carbocycles. The van der Waals surface area contributed by atoms with Crippen molar-refractivity contribution in [1.29, 1.82) is 0 Å². The molecule has 0 amide bonds. The van der Waals surface area contributed by atoms with E-state index in [-0.39, 0.29) is 24.3 Å². The summed E-state index contributed by atoms with van der Waals surface area (Å²) in [6.45, 7) is 3.70. The highest BCUT2D eigenvalue weighted by molar-refractivity contribution is 5.91. The Labute approximate surface area is 142 Å². The number of esters is 1. The monoisotopic (exact) mass is 332 g/mol. The van der Waals surface area contributed by atoms with Crippen LogP contribution in [-0.2, 0) is 25.5 Å². The fourth-order valence-electron chi connectivity index (χ4n) is 3.26. The van der Waals surface area contributed by atoms with Crippen LogP contribution in [0.25, 0.3) is 0 Å². The van der Waals surface area contributed by atoms with Crippen molar-refractivity contribution >= 4 is 17.7 Å². The molecule has 0 spiro atoms. The summed E-state index contributed by atoms with van der Waals surface area (Å²) in [5.41, 5.74) is 1.66. The Morgan fingerprint density at radius 1 is 1.29 bits per heavy atom. The van der Waals surface area contributed by atoms with Crippen LogP contribution in [0.4, 0.5) is 0 Å². The van der Waals surface area contributed by atoms with Crippen molar-refractivity contribution in [1.82, 2.24) is 0 Å². The second kappa shape index (κ2) is 8.08. The SMILES string of the molecule is CCOC(=O)C(c1ccc(CC(C)C(=O)O)cc1)C1CCCC1=O. The summed E-state index contributed by atoms with van der Waals surface area (Å²) in [5.74, 6) is -2.41. The molecular weight excluding hydrogens is 308 g/mol. The minimum absolute atomic E-state index is 0.122. The smallest absolute Gasteiger partial charge is 0.314 e. The highest BCUT2D eigenvalue weighted by Gasteiger charge is 2.38. The Morgan fingerprint density at radius 3 is 2.46 bits per heavy atom. The number of aliphatic carboxylic acids is 1. The predicted octanol–water partition coefficient (Wildman–Crippen LogP) is 2.97. The second-order valence-electron chi connectivity index (χ2n) is 6.38. The van der Waals surface area contributed by atoms with Crippen LogP contribution in [-0.4, -0.2) is 29.4 Å². The van der Waals surface area contributed by atoms with Gasteiger partial charge in [0.2, 0.25) is 0 Å². The Balaban J connectivity index is 2.21. The van der Waals surface area contributed by atoms with Crippen LogP contribution in [0, 0.1) is 11.8 Å². The van der Waals surface area contributed by atoms with E-state index in [0.717, 1.165) is 17.5 Å². The van der Waals surface area contributed by atoms with Gasteiger partial charge in [0.15, 0.2) is 0 Å². The molecule has 5 heteroatoms. The van der Waals surface area contributed by atoms with Crippen LogP contribution in [0.2, 0.25) is 0 Å². The van der Waals surface area contributed by atoms with Gasteiger partial charge in [-0.05, 0) is 37.3 Å². The molecule has 1 aromatic carbocycles. The summed E-state index contributed by atoms with van der Waals surface area (Å²) in [4.78, 5) is 35.4. The van der Waals surface area contributed by atoms with E-state index >= 15 is 0 Å². The van der Waals surface area contributed by atoms with Gasteiger partial charge < -0.3 is 9.84 Å². The quantitative estimate of drug-likeness (QED) is 0.776. The molecule has 0 bridgehead atoms. The van der Waals surface area contributed by atoms with Crippen LogP contribution in [0.5, 0.6) is 0 Å². The van der Waals surface area contributed by atoms with Crippen LogP contribution in [0.1, 0.15) is 50.2 Å². The van der Waals surface area contributed by atoms with E-state index in [9.17, 15) is 14.4 Å². The first-order valence-corrected chi connectivity index (χ1v) is 8.45. The fourth-order valence-corrected chi connectivity index (χ4v) is 3.26. The molecule has 5 nitrogen and oxygen atoms in total. The number of ether oxygens (including phenoxy) is 1. The van der Waals surface area contributed by atoms with Crippen molar-refractivity contribution < 1.29 is 24.2 Å². The standard InChI is InChI=1S/C19H24O5/c1-3-24-19(23)17(15-5-4-6-16(15)20)14-9-7-13(8-10-14)11-12(2)18(21)22/h7-10,12,15,17H,3-6,11H2,1-2H3,(H,21,22). The van der Waals surface area contributed by atoms with Crippen molar-refractivity contribution in [3.8, 4) is 0 Å². The van der Waals surface area contributed by atoms with E-state index in [2.05, 4.69) is 0 Å². The first-order valence-electron chi connectivity index (χ1n) is 8.45. The number of carboxylic acid groups (broad SMARTS) is 1. The zero-order chi connectivity index (χ0) is 17.7. The lowest BCUT2D eigenvalue weighted by molar-refractivity contribution is -0.148. The number of ketones is 1. The highest BCUT2D eigenvalue weighted by atomic mass is 16.5. The second-order valence-corrected chi connectivity index (χ2v) is 6.38. The molecule has 1 aromatic rings. The highest BCUT2D eigenvalue weighted by Crippen LogP contribution is 2.36. The molecule has 3 unspecified atom stereocenters. The molecule has 24 heavy (non-hydrogen) atoms. The fraction of sp³-hybridized carbons (Fsp3) is 0.526. The number of benzene rings is 1. The predicted molar refractivity (Wildman–Crippen MR) is 88.7 cm³/mol. The van der Waals surface area contributed by atoms with Gasteiger partial charge in [-0.3, -0.25) is 14.4 Å². The maximum atomic E-state index is 12.4. The molecule has 130 valence electrons. The van der Waals surface area contributed by atoms with Gasteiger partial charge in [-0.2, -0.15) is 0 Å². The van der Waals surface area contributed by atoms with Crippen LogP contribution in [0.15, 0.2) is 24.3 Å². The van der Waals surface area contributed by atoms with Crippen molar-refractivity contribution in [3.63, 3.8) is 0 Å². The lowest BCUT2D eigenvalue weighted by atomic mass is 9.83. The number of Topliss-reactive ketones (excluding diaryl/α,β-unsaturated/α-hetero) is 1. The van der Waals surface area contributed by atoms with Crippen molar-refractivity contribution in [3.05, 3.63) is 35.4 Å². The molecule has 3 atom stereocenters. The zero-order valence-electron chi connectivity index (χ0n) is 14.2. The number of hydrogen-bond acceptors (Lipinski definition) is 4. The summed E-state index contributed by atoms with van der Waals surface area (Å²) in [5, 5.41) is 8.99. The van der Waals surface area contributed by atoms with E-state index in [4.69, 9.17) is 9.84 Å². The molecule has 1 N–H and O–H groups in total. The summed E-state index contributed by atoms with van der Waals surface area (Å²) >= 11 is 0. The molecule has 1 saturated carbocycles. The molecule has 1 fully saturated rings. The Morgan fingerprint density at radius 2 is 1.96 bits per heavy atom. The number of carboxylic acids is 1. The molecule has 2 rings (SSSR count). The normalized spacial score (nSPS) is 19.8. The third-order valence-corrected chi connectivity index (χ3v) is 4.60. The lowest BCUT2D eigenvalue weighted by Gasteiger charge is -2.21.